The Kier molecular flexibility index (Phi) is 4.75. The van der Waals surface area contributed by atoms with Gasteiger partial charge in [-0.3, -0.25) is 9.69 Å². The summed E-state index contributed by atoms with van der Waals surface area (Å²) >= 11 is 0. The Morgan fingerprint density at radius 3 is 2.50 bits per heavy atom. The number of nitriles is 1. The third-order valence-corrected chi connectivity index (χ3v) is 4.03. The van der Waals surface area contributed by atoms with Crippen molar-refractivity contribution in [2.24, 2.45) is 5.92 Å². The van der Waals surface area contributed by atoms with E-state index in [9.17, 15) is 4.79 Å². The van der Waals surface area contributed by atoms with Gasteiger partial charge >= 0.3 is 0 Å². The predicted octanol–water partition coefficient (Wildman–Crippen LogP) is 2.62. The number of carbonyl (C=O) groups excluding carboxylic acids is 1. The van der Waals surface area contributed by atoms with Crippen LogP contribution in [0.2, 0.25) is 0 Å². The molecule has 106 valence electrons. The van der Waals surface area contributed by atoms with E-state index < -0.39 is 0 Å². The number of amides is 1. The van der Waals surface area contributed by atoms with Crippen LogP contribution in [-0.2, 0) is 4.79 Å². The van der Waals surface area contributed by atoms with Crippen molar-refractivity contribution in [1.82, 2.24) is 4.90 Å². The number of likely N-dealkylation sites (tertiary alicyclic amines) is 1. The van der Waals surface area contributed by atoms with Crippen LogP contribution in [0, 0.1) is 17.2 Å². The molecule has 1 saturated heterocycles. The molecule has 0 aromatic heterocycles. The molecule has 1 fully saturated rings. The molecule has 1 N–H and O–H groups in total. The highest BCUT2D eigenvalue weighted by Crippen LogP contribution is 2.19. The van der Waals surface area contributed by atoms with Gasteiger partial charge in [0.25, 0.3) is 0 Å². The Hall–Kier alpha value is -1.86. The van der Waals surface area contributed by atoms with Gasteiger partial charge in [-0.25, -0.2) is 0 Å². The van der Waals surface area contributed by atoms with Crippen molar-refractivity contribution >= 4 is 11.6 Å². The number of hydrogen-bond donors (Lipinski definition) is 1. The number of piperidine rings is 1. The third-order valence-electron chi connectivity index (χ3n) is 4.03. The van der Waals surface area contributed by atoms with Crippen LogP contribution in [-0.4, -0.2) is 29.9 Å². The van der Waals surface area contributed by atoms with Gasteiger partial charge in [-0.15, -0.1) is 0 Å². The first-order chi connectivity index (χ1) is 9.60. The predicted molar refractivity (Wildman–Crippen MR) is 79.2 cm³/mol. The first-order valence-electron chi connectivity index (χ1n) is 7.15. The molecule has 0 spiro atoms. The second-order valence-corrected chi connectivity index (χ2v) is 5.57. The second kappa shape index (κ2) is 6.53. The number of nitrogens with zero attached hydrogens (tertiary/aromatic N) is 2. The van der Waals surface area contributed by atoms with Gasteiger partial charge in [-0.05, 0) is 63.0 Å². The molecule has 0 bridgehead atoms. The Balaban J connectivity index is 1.91. The first-order valence-corrected chi connectivity index (χ1v) is 7.15. The first kappa shape index (κ1) is 14.5. The zero-order valence-corrected chi connectivity index (χ0v) is 12.1. The molecule has 4 heteroatoms. The van der Waals surface area contributed by atoms with E-state index in [0.717, 1.165) is 37.5 Å². The lowest BCUT2D eigenvalue weighted by Gasteiger charge is -2.34. The topological polar surface area (TPSA) is 56.1 Å². The van der Waals surface area contributed by atoms with Crippen molar-refractivity contribution in [2.75, 3.05) is 18.4 Å². The van der Waals surface area contributed by atoms with Crippen molar-refractivity contribution in [3.63, 3.8) is 0 Å². The molecule has 1 aliphatic heterocycles. The molecule has 1 aliphatic rings. The molecule has 1 aromatic rings. The molecule has 1 atom stereocenters. The highest BCUT2D eigenvalue weighted by Gasteiger charge is 2.24. The van der Waals surface area contributed by atoms with Gasteiger partial charge in [0.2, 0.25) is 5.91 Å². The lowest BCUT2D eigenvalue weighted by molar-refractivity contribution is -0.121. The fourth-order valence-corrected chi connectivity index (χ4v) is 2.46. The average Bonchev–Trinajstić information content (AvgIpc) is 2.48. The highest BCUT2D eigenvalue weighted by molar-refractivity contribution is 5.94. The second-order valence-electron chi connectivity index (χ2n) is 5.57. The van der Waals surface area contributed by atoms with Crippen molar-refractivity contribution < 1.29 is 4.79 Å². The lowest BCUT2D eigenvalue weighted by Crippen LogP contribution is -2.45. The van der Waals surface area contributed by atoms with Crippen molar-refractivity contribution in [3.8, 4) is 6.07 Å². The van der Waals surface area contributed by atoms with Gasteiger partial charge < -0.3 is 5.32 Å². The summed E-state index contributed by atoms with van der Waals surface area (Å²) in [6.07, 6.45) is 2.32. The van der Waals surface area contributed by atoms with E-state index in [1.807, 2.05) is 6.92 Å². The van der Waals surface area contributed by atoms with E-state index in [0.29, 0.717) is 5.56 Å². The summed E-state index contributed by atoms with van der Waals surface area (Å²) in [5.41, 5.74) is 1.34. The van der Waals surface area contributed by atoms with Crippen LogP contribution in [0.15, 0.2) is 24.3 Å². The lowest BCUT2D eigenvalue weighted by atomic mass is 9.98. The summed E-state index contributed by atoms with van der Waals surface area (Å²) in [6.45, 7) is 6.19. The van der Waals surface area contributed by atoms with Gasteiger partial charge in [0.1, 0.15) is 0 Å². The van der Waals surface area contributed by atoms with E-state index in [1.54, 1.807) is 24.3 Å². The normalized spacial score (nSPS) is 18.2. The van der Waals surface area contributed by atoms with Gasteiger partial charge in [-0.1, -0.05) is 6.92 Å². The quantitative estimate of drug-likeness (QED) is 0.919. The molecule has 2 rings (SSSR count). The minimum absolute atomic E-state index is 0.0178. The van der Waals surface area contributed by atoms with Gasteiger partial charge in [-0.2, -0.15) is 5.26 Å². The number of benzene rings is 1. The number of anilines is 1. The van der Waals surface area contributed by atoms with E-state index >= 15 is 0 Å². The number of carbonyl (C=O) groups is 1. The third kappa shape index (κ3) is 3.58. The molecule has 1 unspecified atom stereocenters. The fraction of sp³-hybridized carbons (Fsp3) is 0.500. The van der Waals surface area contributed by atoms with E-state index in [-0.39, 0.29) is 11.9 Å². The molecule has 0 radical (unpaired) electrons. The summed E-state index contributed by atoms with van der Waals surface area (Å²) in [6, 6.07) is 8.91. The maximum absolute atomic E-state index is 12.2. The number of hydrogen-bond acceptors (Lipinski definition) is 3. The molecular formula is C16H21N3O. The molecule has 1 heterocycles. The van der Waals surface area contributed by atoms with Gasteiger partial charge in [0.05, 0.1) is 17.7 Å². The van der Waals surface area contributed by atoms with Gasteiger partial charge in [0.15, 0.2) is 0 Å². The monoisotopic (exact) mass is 271 g/mol. The van der Waals surface area contributed by atoms with E-state index in [2.05, 4.69) is 23.2 Å². The van der Waals surface area contributed by atoms with Crippen molar-refractivity contribution in [1.29, 1.82) is 5.26 Å². The Labute approximate surface area is 120 Å². The molecule has 1 aromatic carbocycles. The van der Waals surface area contributed by atoms with Gasteiger partial charge in [0, 0.05) is 5.69 Å². The molecule has 0 saturated carbocycles. The highest BCUT2D eigenvalue weighted by atomic mass is 16.2. The van der Waals surface area contributed by atoms with E-state index in [4.69, 9.17) is 5.26 Å². The number of nitrogens with one attached hydrogen (secondary N) is 1. The summed E-state index contributed by atoms with van der Waals surface area (Å²) in [5.74, 6) is 0.782. The smallest absolute Gasteiger partial charge is 0.241 e. The van der Waals surface area contributed by atoms with Crippen molar-refractivity contribution in [2.45, 2.75) is 32.7 Å². The average molecular weight is 271 g/mol. The van der Waals surface area contributed by atoms with E-state index in [1.165, 1.54) is 0 Å². The summed E-state index contributed by atoms with van der Waals surface area (Å²) < 4.78 is 0. The molecule has 20 heavy (non-hydrogen) atoms. The zero-order chi connectivity index (χ0) is 14.5. The number of rotatable bonds is 3. The molecule has 0 aliphatic carbocycles. The molecular weight excluding hydrogens is 250 g/mol. The Morgan fingerprint density at radius 2 is 1.95 bits per heavy atom. The standard InChI is InChI=1S/C16H21N3O/c1-12-7-9-19(10-8-12)13(2)16(20)18-15-5-3-14(11-17)4-6-15/h3-6,12-13H,7-10H2,1-2H3,(H,18,20). The molecule has 1 amide bonds. The Bertz CT molecular complexity index is 495. The van der Waals surface area contributed by atoms with Crippen LogP contribution in [0.1, 0.15) is 32.3 Å². The largest absolute Gasteiger partial charge is 0.325 e. The minimum atomic E-state index is -0.113. The summed E-state index contributed by atoms with van der Waals surface area (Å²) in [4.78, 5) is 14.5. The maximum Gasteiger partial charge on any atom is 0.241 e. The van der Waals surface area contributed by atoms with Crippen LogP contribution in [0.5, 0.6) is 0 Å². The summed E-state index contributed by atoms with van der Waals surface area (Å²) in [7, 11) is 0. The maximum atomic E-state index is 12.2. The minimum Gasteiger partial charge on any atom is -0.325 e. The SMILES string of the molecule is CC1CCN(C(C)C(=O)Nc2ccc(C#N)cc2)CC1. The van der Waals surface area contributed by atoms with Crippen LogP contribution in [0.4, 0.5) is 5.69 Å². The fourth-order valence-electron chi connectivity index (χ4n) is 2.46. The van der Waals surface area contributed by atoms with Crippen molar-refractivity contribution in [3.05, 3.63) is 29.8 Å². The van der Waals surface area contributed by atoms with Crippen LogP contribution in [0.3, 0.4) is 0 Å². The van der Waals surface area contributed by atoms with Crippen LogP contribution >= 0.6 is 0 Å². The Morgan fingerprint density at radius 1 is 1.35 bits per heavy atom. The van der Waals surface area contributed by atoms with Crippen LogP contribution < -0.4 is 5.32 Å². The molecule has 4 nitrogen and oxygen atoms in total. The summed E-state index contributed by atoms with van der Waals surface area (Å²) in [5, 5.41) is 11.7. The van der Waals surface area contributed by atoms with Crippen LogP contribution in [0.25, 0.3) is 0 Å². The zero-order valence-electron chi connectivity index (χ0n) is 12.1.